The van der Waals surface area contributed by atoms with Gasteiger partial charge in [-0.1, -0.05) is 44.2 Å². The molecule has 0 saturated heterocycles. The number of carboxylic acids is 2. The zero-order valence-corrected chi connectivity index (χ0v) is 19.2. The van der Waals surface area contributed by atoms with E-state index in [1.54, 1.807) is 44.2 Å². The largest absolute Gasteiger partial charge is 0.481 e. The van der Waals surface area contributed by atoms with Gasteiger partial charge in [-0.05, 0) is 18.4 Å². The summed E-state index contributed by atoms with van der Waals surface area (Å²) in [5, 5.41) is 34.9. The molecule has 0 aromatic heterocycles. The summed E-state index contributed by atoms with van der Waals surface area (Å²) in [6, 6.07) is 2.99. The van der Waals surface area contributed by atoms with E-state index in [4.69, 9.17) is 5.73 Å². The minimum atomic E-state index is -1.64. The Labute approximate surface area is 196 Å². The third-order valence-corrected chi connectivity index (χ3v) is 4.99. The first kappa shape index (κ1) is 28.5. The van der Waals surface area contributed by atoms with E-state index >= 15 is 0 Å². The lowest BCUT2D eigenvalue weighted by Crippen LogP contribution is -2.59. The van der Waals surface area contributed by atoms with Gasteiger partial charge in [0.2, 0.25) is 17.7 Å². The van der Waals surface area contributed by atoms with E-state index < -0.39 is 66.4 Å². The lowest BCUT2D eigenvalue weighted by Gasteiger charge is -2.25. The summed E-state index contributed by atoms with van der Waals surface area (Å²) in [5.41, 5.74) is 6.39. The van der Waals surface area contributed by atoms with Gasteiger partial charge in [0.25, 0.3) is 0 Å². The maximum atomic E-state index is 12.9. The fraction of sp³-hybridized carbons (Fsp3) is 0.500. The van der Waals surface area contributed by atoms with E-state index in [2.05, 4.69) is 16.0 Å². The van der Waals surface area contributed by atoms with Crippen LogP contribution in [0.2, 0.25) is 0 Å². The van der Waals surface area contributed by atoms with E-state index in [0.29, 0.717) is 5.56 Å². The molecule has 5 atom stereocenters. The Kier molecular flexibility index (Phi) is 11.1. The summed E-state index contributed by atoms with van der Waals surface area (Å²) in [4.78, 5) is 60.7. The van der Waals surface area contributed by atoms with Gasteiger partial charge in [0.05, 0.1) is 18.6 Å². The third kappa shape index (κ3) is 9.16. The van der Waals surface area contributed by atoms with Gasteiger partial charge in [0, 0.05) is 6.42 Å². The van der Waals surface area contributed by atoms with Gasteiger partial charge in [-0.25, -0.2) is 4.79 Å². The van der Waals surface area contributed by atoms with Crippen molar-refractivity contribution < 1.29 is 39.3 Å². The molecule has 0 aliphatic heterocycles. The lowest BCUT2D eigenvalue weighted by atomic mass is 10.0. The van der Waals surface area contributed by atoms with Crippen LogP contribution in [0.3, 0.4) is 0 Å². The molecule has 0 bridgehead atoms. The number of hydrogen-bond acceptors (Lipinski definition) is 7. The molecule has 1 aromatic rings. The number of amides is 3. The normalized spacial score (nSPS) is 15.4. The number of aliphatic hydroxyl groups is 1. The molecule has 0 spiro atoms. The first-order valence-corrected chi connectivity index (χ1v) is 10.7. The van der Waals surface area contributed by atoms with E-state index in [1.807, 2.05) is 0 Å². The molecule has 1 aromatic carbocycles. The molecule has 0 aliphatic carbocycles. The van der Waals surface area contributed by atoms with Crippen LogP contribution >= 0.6 is 0 Å². The van der Waals surface area contributed by atoms with Crippen molar-refractivity contribution in [1.82, 2.24) is 16.0 Å². The average Bonchev–Trinajstić information content (AvgIpc) is 2.75. The second kappa shape index (κ2) is 13.3. The van der Waals surface area contributed by atoms with E-state index in [-0.39, 0.29) is 12.3 Å². The smallest absolute Gasteiger partial charge is 0.328 e. The maximum Gasteiger partial charge on any atom is 0.328 e. The average molecular weight is 481 g/mol. The predicted octanol–water partition coefficient (Wildman–Crippen LogP) is -1.39. The fourth-order valence-corrected chi connectivity index (χ4v) is 2.93. The molecule has 0 fully saturated rings. The summed E-state index contributed by atoms with van der Waals surface area (Å²) in [7, 11) is 0. The molecule has 12 nitrogen and oxygen atoms in total. The second-order valence-electron chi connectivity index (χ2n) is 8.24. The number of aliphatic carboxylic acids is 2. The van der Waals surface area contributed by atoms with Gasteiger partial charge in [-0.15, -0.1) is 0 Å². The number of benzene rings is 1. The van der Waals surface area contributed by atoms with Crippen LogP contribution in [-0.4, -0.2) is 75.3 Å². The molecule has 5 unspecified atom stereocenters. The maximum absolute atomic E-state index is 12.9. The number of aliphatic hydroxyl groups excluding tert-OH is 1. The van der Waals surface area contributed by atoms with Gasteiger partial charge in [-0.3, -0.25) is 19.2 Å². The number of hydrogen-bond donors (Lipinski definition) is 7. The van der Waals surface area contributed by atoms with Crippen molar-refractivity contribution in [1.29, 1.82) is 0 Å². The van der Waals surface area contributed by atoms with E-state index in [1.165, 1.54) is 6.92 Å². The van der Waals surface area contributed by atoms with E-state index in [9.17, 15) is 39.3 Å². The Balaban J connectivity index is 3.14. The molecule has 0 radical (unpaired) electrons. The Bertz CT molecular complexity index is 875. The summed E-state index contributed by atoms with van der Waals surface area (Å²) in [6.07, 6.45) is -2.26. The highest BCUT2D eigenvalue weighted by Crippen LogP contribution is 2.07. The first-order valence-electron chi connectivity index (χ1n) is 10.7. The minimum Gasteiger partial charge on any atom is -0.481 e. The molecule has 3 amide bonds. The summed E-state index contributed by atoms with van der Waals surface area (Å²) in [5.74, 6) is -5.75. The van der Waals surface area contributed by atoms with Gasteiger partial charge in [-0.2, -0.15) is 0 Å². The Morgan fingerprint density at radius 3 is 1.85 bits per heavy atom. The molecule has 0 heterocycles. The third-order valence-electron chi connectivity index (χ3n) is 4.99. The van der Waals surface area contributed by atoms with Crippen molar-refractivity contribution in [3.63, 3.8) is 0 Å². The Morgan fingerprint density at radius 1 is 0.853 bits per heavy atom. The van der Waals surface area contributed by atoms with E-state index in [0.717, 1.165) is 0 Å². The lowest BCUT2D eigenvalue weighted by molar-refractivity contribution is -0.145. The van der Waals surface area contributed by atoms with Crippen LogP contribution in [0.1, 0.15) is 32.8 Å². The van der Waals surface area contributed by atoms with Crippen LogP contribution in [0.4, 0.5) is 0 Å². The van der Waals surface area contributed by atoms with Crippen molar-refractivity contribution in [2.75, 3.05) is 0 Å². The summed E-state index contributed by atoms with van der Waals surface area (Å²) in [6.45, 7) is 4.54. The van der Waals surface area contributed by atoms with Gasteiger partial charge < -0.3 is 37.0 Å². The summed E-state index contributed by atoms with van der Waals surface area (Å²) < 4.78 is 0. The fourth-order valence-electron chi connectivity index (χ4n) is 2.93. The molecule has 8 N–H and O–H groups in total. The quantitative estimate of drug-likeness (QED) is 0.177. The van der Waals surface area contributed by atoms with Crippen LogP contribution in [0, 0.1) is 5.92 Å². The Hall–Kier alpha value is -3.51. The molecular weight excluding hydrogens is 448 g/mol. The van der Waals surface area contributed by atoms with Crippen molar-refractivity contribution in [3.8, 4) is 0 Å². The van der Waals surface area contributed by atoms with Crippen LogP contribution in [0.5, 0.6) is 0 Å². The number of nitrogens with one attached hydrogen (secondary N) is 3. The summed E-state index contributed by atoms with van der Waals surface area (Å²) >= 11 is 0. The highest BCUT2D eigenvalue weighted by atomic mass is 16.4. The van der Waals surface area contributed by atoms with Gasteiger partial charge in [0.1, 0.15) is 12.1 Å². The zero-order chi connectivity index (χ0) is 26.0. The first-order chi connectivity index (χ1) is 15.8. The number of carbonyl (C=O) groups is 5. The molecular formula is C22H32N4O8. The minimum absolute atomic E-state index is 0.0657. The second-order valence-corrected chi connectivity index (χ2v) is 8.24. The van der Waals surface area contributed by atoms with Crippen molar-refractivity contribution >= 4 is 29.7 Å². The zero-order valence-electron chi connectivity index (χ0n) is 19.2. The number of rotatable bonds is 13. The molecule has 0 aliphatic rings. The van der Waals surface area contributed by atoms with Gasteiger partial charge in [0.15, 0.2) is 6.04 Å². The highest BCUT2D eigenvalue weighted by molar-refractivity contribution is 5.95. The number of carbonyl (C=O) groups excluding carboxylic acids is 3. The standard InChI is InChI=1S/C22H32N4O8/c1-11(2)17(23)21(32)25-15(10-16(28)29)19(30)24-14(9-13-7-5-4-6-8-13)20(31)26-18(12(3)27)22(33)34/h4-8,11-12,14-15,17-18,27H,9-10,23H2,1-3H3,(H,24,30)(H,25,32)(H,26,31)(H,28,29)(H,33,34). The van der Waals surface area contributed by atoms with Gasteiger partial charge >= 0.3 is 11.9 Å². The predicted molar refractivity (Wildman–Crippen MR) is 120 cm³/mol. The van der Waals surface area contributed by atoms with Crippen LogP contribution in [-0.2, 0) is 30.4 Å². The molecule has 188 valence electrons. The Morgan fingerprint density at radius 2 is 1.38 bits per heavy atom. The number of nitrogens with two attached hydrogens (primary N) is 1. The SMILES string of the molecule is CC(C)C(N)C(=O)NC(CC(=O)O)C(=O)NC(Cc1ccccc1)C(=O)NC(C(=O)O)C(C)O. The topological polar surface area (TPSA) is 208 Å². The van der Waals surface area contributed by atoms with Crippen molar-refractivity contribution in [2.24, 2.45) is 11.7 Å². The van der Waals surface area contributed by atoms with Crippen molar-refractivity contribution in [3.05, 3.63) is 35.9 Å². The van der Waals surface area contributed by atoms with Crippen LogP contribution in [0.15, 0.2) is 30.3 Å². The number of carboxylic acid groups (broad SMARTS) is 2. The van der Waals surface area contributed by atoms with Crippen LogP contribution in [0.25, 0.3) is 0 Å². The van der Waals surface area contributed by atoms with Crippen molar-refractivity contribution in [2.45, 2.75) is 63.9 Å². The molecule has 1 rings (SSSR count). The van der Waals surface area contributed by atoms with Crippen LogP contribution < -0.4 is 21.7 Å². The molecule has 34 heavy (non-hydrogen) atoms. The highest BCUT2D eigenvalue weighted by Gasteiger charge is 2.33. The molecule has 0 saturated carbocycles. The molecule has 12 heteroatoms. The monoisotopic (exact) mass is 480 g/mol.